The van der Waals surface area contributed by atoms with Gasteiger partial charge < -0.3 is 10.2 Å². The van der Waals surface area contributed by atoms with E-state index in [0.717, 1.165) is 31.6 Å². The number of nitrogens with zero attached hydrogens (tertiary/aromatic N) is 1. The standard InChI is InChI=1S/C18H28N2O/c1-14(2)16-7-5-15(6-8-16)11-17(21)19-12-18(3)9-10-20(4)13-18/h5-8,14H,9-13H2,1-4H3,(H,19,21)/t18-/m1/s1. The fourth-order valence-electron chi connectivity index (χ4n) is 3.00. The summed E-state index contributed by atoms with van der Waals surface area (Å²) in [5.41, 5.74) is 2.64. The van der Waals surface area contributed by atoms with Crippen LogP contribution in [0.4, 0.5) is 0 Å². The molecule has 116 valence electrons. The highest BCUT2D eigenvalue weighted by Crippen LogP contribution is 2.27. The lowest BCUT2D eigenvalue weighted by Gasteiger charge is -2.24. The lowest BCUT2D eigenvalue weighted by molar-refractivity contribution is -0.120. The topological polar surface area (TPSA) is 32.3 Å². The highest BCUT2D eigenvalue weighted by atomic mass is 16.1. The van der Waals surface area contributed by atoms with Gasteiger partial charge in [0.25, 0.3) is 0 Å². The second-order valence-corrected chi connectivity index (χ2v) is 7.15. The van der Waals surface area contributed by atoms with Crippen molar-refractivity contribution in [1.29, 1.82) is 0 Å². The molecule has 1 atom stereocenters. The molecule has 21 heavy (non-hydrogen) atoms. The molecular weight excluding hydrogens is 260 g/mol. The first kappa shape index (κ1) is 16.0. The minimum Gasteiger partial charge on any atom is -0.355 e. The minimum absolute atomic E-state index is 0.128. The molecule has 1 aromatic rings. The van der Waals surface area contributed by atoms with Gasteiger partial charge in [-0.25, -0.2) is 0 Å². The summed E-state index contributed by atoms with van der Waals surface area (Å²) < 4.78 is 0. The second kappa shape index (κ2) is 6.61. The first-order valence-corrected chi connectivity index (χ1v) is 7.92. The summed E-state index contributed by atoms with van der Waals surface area (Å²) in [5, 5.41) is 3.11. The van der Waals surface area contributed by atoms with Crippen molar-refractivity contribution < 1.29 is 4.79 Å². The molecule has 1 heterocycles. The molecular formula is C18H28N2O. The van der Waals surface area contributed by atoms with E-state index in [1.807, 2.05) is 0 Å². The second-order valence-electron chi connectivity index (χ2n) is 7.15. The molecule has 1 aromatic carbocycles. The minimum atomic E-state index is 0.128. The maximum Gasteiger partial charge on any atom is 0.224 e. The summed E-state index contributed by atoms with van der Waals surface area (Å²) in [6.45, 7) is 9.59. The van der Waals surface area contributed by atoms with Crippen molar-refractivity contribution >= 4 is 5.91 Å². The van der Waals surface area contributed by atoms with E-state index < -0.39 is 0 Å². The Bertz CT molecular complexity index is 480. The van der Waals surface area contributed by atoms with Gasteiger partial charge in [0, 0.05) is 13.1 Å². The summed E-state index contributed by atoms with van der Waals surface area (Å²) in [7, 11) is 2.14. The van der Waals surface area contributed by atoms with Gasteiger partial charge in [-0.3, -0.25) is 4.79 Å². The van der Waals surface area contributed by atoms with Gasteiger partial charge in [-0.15, -0.1) is 0 Å². The van der Waals surface area contributed by atoms with E-state index >= 15 is 0 Å². The Labute approximate surface area is 128 Å². The molecule has 1 aliphatic rings. The maximum atomic E-state index is 12.1. The number of amides is 1. The monoisotopic (exact) mass is 288 g/mol. The molecule has 0 unspecified atom stereocenters. The van der Waals surface area contributed by atoms with Crippen LogP contribution >= 0.6 is 0 Å². The third kappa shape index (κ3) is 4.57. The molecule has 0 saturated carbocycles. The number of likely N-dealkylation sites (tertiary alicyclic amines) is 1. The van der Waals surface area contributed by atoms with Crippen LogP contribution in [0.1, 0.15) is 44.2 Å². The molecule has 1 N–H and O–H groups in total. The van der Waals surface area contributed by atoms with E-state index in [1.165, 1.54) is 5.56 Å². The summed E-state index contributed by atoms with van der Waals surface area (Å²) in [6, 6.07) is 8.39. The summed E-state index contributed by atoms with van der Waals surface area (Å²) in [6.07, 6.45) is 1.64. The van der Waals surface area contributed by atoms with Gasteiger partial charge in [0.1, 0.15) is 0 Å². The van der Waals surface area contributed by atoms with Gasteiger partial charge in [-0.2, -0.15) is 0 Å². The SMILES string of the molecule is CC(C)c1ccc(CC(=O)NC[C@@]2(C)CCN(C)C2)cc1. The molecule has 0 bridgehead atoms. The highest BCUT2D eigenvalue weighted by Gasteiger charge is 2.32. The molecule has 2 rings (SSSR count). The first-order valence-electron chi connectivity index (χ1n) is 7.92. The smallest absolute Gasteiger partial charge is 0.224 e. The van der Waals surface area contributed by atoms with Crippen LogP contribution in [0.25, 0.3) is 0 Å². The number of hydrogen-bond acceptors (Lipinski definition) is 2. The third-order valence-corrected chi connectivity index (χ3v) is 4.47. The fraction of sp³-hybridized carbons (Fsp3) is 0.611. The maximum absolute atomic E-state index is 12.1. The molecule has 3 nitrogen and oxygen atoms in total. The zero-order valence-corrected chi connectivity index (χ0v) is 13.8. The number of carbonyl (C=O) groups excluding carboxylic acids is 1. The van der Waals surface area contributed by atoms with Crippen molar-refractivity contribution in [2.45, 2.75) is 39.5 Å². The average Bonchev–Trinajstić information content (AvgIpc) is 2.77. The lowest BCUT2D eigenvalue weighted by atomic mass is 9.90. The van der Waals surface area contributed by atoms with E-state index in [9.17, 15) is 4.79 Å². The van der Waals surface area contributed by atoms with Crippen LogP contribution in [0, 0.1) is 5.41 Å². The van der Waals surface area contributed by atoms with Crippen molar-refractivity contribution in [2.24, 2.45) is 5.41 Å². The Balaban J connectivity index is 1.82. The number of rotatable bonds is 5. The molecule has 0 aliphatic carbocycles. The molecule has 0 spiro atoms. The molecule has 1 aliphatic heterocycles. The average molecular weight is 288 g/mol. The Kier molecular flexibility index (Phi) is 5.04. The number of nitrogens with one attached hydrogen (secondary N) is 1. The van der Waals surface area contributed by atoms with Gasteiger partial charge in [0.05, 0.1) is 6.42 Å². The van der Waals surface area contributed by atoms with E-state index in [4.69, 9.17) is 0 Å². The van der Waals surface area contributed by atoms with Crippen LogP contribution in [0.3, 0.4) is 0 Å². The summed E-state index contributed by atoms with van der Waals surface area (Å²) in [4.78, 5) is 14.4. The van der Waals surface area contributed by atoms with Gasteiger partial charge in [-0.05, 0) is 42.5 Å². The summed E-state index contributed by atoms with van der Waals surface area (Å²) in [5.74, 6) is 0.662. The van der Waals surface area contributed by atoms with Crippen molar-refractivity contribution in [3.8, 4) is 0 Å². The van der Waals surface area contributed by atoms with Crippen molar-refractivity contribution in [3.05, 3.63) is 35.4 Å². The van der Waals surface area contributed by atoms with Gasteiger partial charge >= 0.3 is 0 Å². The zero-order valence-electron chi connectivity index (χ0n) is 13.8. The van der Waals surface area contributed by atoms with E-state index in [0.29, 0.717) is 12.3 Å². The van der Waals surface area contributed by atoms with E-state index in [-0.39, 0.29) is 11.3 Å². The van der Waals surface area contributed by atoms with E-state index in [1.54, 1.807) is 0 Å². The molecule has 0 aromatic heterocycles. The molecule has 1 fully saturated rings. The van der Waals surface area contributed by atoms with Gasteiger partial charge in [0.2, 0.25) is 5.91 Å². The zero-order chi connectivity index (χ0) is 15.5. The Hall–Kier alpha value is -1.35. The molecule has 1 saturated heterocycles. The third-order valence-electron chi connectivity index (χ3n) is 4.47. The van der Waals surface area contributed by atoms with Crippen LogP contribution in [0.5, 0.6) is 0 Å². The Morgan fingerprint density at radius 3 is 2.52 bits per heavy atom. The predicted octanol–water partition coefficient (Wildman–Crippen LogP) is 2.81. The normalized spacial score (nSPS) is 22.7. The largest absolute Gasteiger partial charge is 0.355 e. The quantitative estimate of drug-likeness (QED) is 0.903. The van der Waals surface area contributed by atoms with Crippen LogP contribution in [0.15, 0.2) is 24.3 Å². The first-order chi connectivity index (χ1) is 9.88. The van der Waals surface area contributed by atoms with Crippen LogP contribution in [0.2, 0.25) is 0 Å². The lowest BCUT2D eigenvalue weighted by Crippen LogP contribution is -2.37. The van der Waals surface area contributed by atoms with E-state index in [2.05, 4.69) is 62.3 Å². The Morgan fingerprint density at radius 2 is 2.00 bits per heavy atom. The van der Waals surface area contributed by atoms with Crippen LogP contribution < -0.4 is 5.32 Å². The fourth-order valence-corrected chi connectivity index (χ4v) is 3.00. The molecule has 0 radical (unpaired) electrons. The molecule has 3 heteroatoms. The summed E-state index contributed by atoms with van der Waals surface area (Å²) >= 11 is 0. The van der Waals surface area contributed by atoms with Crippen LogP contribution in [-0.4, -0.2) is 37.5 Å². The highest BCUT2D eigenvalue weighted by molar-refractivity contribution is 5.78. The van der Waals surface area contributed by atoms with Crippen LogP contribution in [-0.2, 0) is 11.2 Å². The van der Waals surface area contributed by atoms with Gasteiger partial charge in [0.15, 0.2) is 0 Å². The van der Waals surface area contributed by atoms with Gasteiger partial charge in [-0.1, -0.05) is 45.0 Å². The predicted molar refractivity (Wildman–Crippen MR) is 87.5 cm³/mol. The van der Waals surface area contributed by atoms with Crippen molar-refractivity contribution in [3.63, 3.8) is 0 Å². The van der Waals surface area contributed by atoms with Crippen molar-refractivity contribution in [2.75, 3.05) is 26.7 Å². The Morgan fingerprint density at radius 1 is 1.33 bits per heavy atom. The number of hydrogen-bond donors (Lipinski definition) is 1. The number of benzene rings is 1. The number of carbonyl (C=O) groups is 1. The van der Waals surface area contributed by atoms with Crippen molar-refractivity contribution in [1.82, 2.24) is 10.2 Å². The molecule has 1 amide bonds.